The van der Waals surface area contributed by atoms with E-state index in [0.717, 1.165) is 12.0 Å². The zero-order valence-electron chi connectivity index (χ0n) is 10.8. The molecule has 19 heavy (non-hydrogen) atoms. The highest BCUT2D eigenvalue weighted by atomic mass is 32.2. The summed E-state index contributed by atoms with van der Waals surface area (Å²) >= 11 is 0. The maximum Gasteiger partial charge on any atom is 0.240 e. The highest BCUT2D eigenvalue weighted by Crippen LogP contribution is 2.18. The third kappa shape index (κ3) is 4.62. The van der Waals surface area contributed by atoms with Crippen molar-refractivity contribution < 1.29 is 13.2 Å². The van der Waals surface area contributed by atoms with Crippen molar-refractivity contribution in [3.8, 4) is 0 Å². The SMILES string of the molecule is CCC(N)c1cccc(S(=O)(=O)NCCC(N)=O)c1. The highest BCUT2D eigenvalue weighted by Gasteiger charge is 2.15. The van der Waals surface area contributed by atoms with Crippen molar-refractivity contribution in [1.29, 1.82) is 0 Å². The number of amides is 1. The van der Waals surface area contributed by atoms with Gasteiger partial charge in [-0.1, -0.05) is 19.1 Å². The quantitative estimate of drug-likeness (QED) is 0.666. The smallest absolute Gasteiger partial charge is 0.240 e. The summed E-state index contributed by atoms with van der Waals surface area (Å²) in [6.45, 7) is 1.92. The minimum absolute atomic E-state index is 0.0122. The van der Waals surface area contributed by atoms with Crippen LogP contribution in [-0.2, 0) is 14.8 Å². The van der Waals surface area contributed by atoms with E-state index in [1.54, 1.807) is 18.2 Å². The molecule has 1 amide bonds. The molecule has 0 spiro atoms. The Morgan fingerprint density at radius 1 is 1.42 bits per heavy atom. The monoisotopic (exact) mass is 285 g/mol. The van der Waals surface area contributed by atoms with Crippen LogP contribution in [0.25, 0.3) is 0 Å². The lowest BCUT2D eigenvalue weighted by Crippen LogP contribution is -2.28. The Hall–Kier alpha value is -1.44. The molecule has 0 aliphatic carbocycles. The van der Waals surface area contributed by atoms with Gasteiger partial charge in [-0.25, -0.2) is 13.1 Å². The standard InChI is InChI=1S/C12H19N3O3S/c1-2-11(13)9-4-3-5-10(8-9)19(17,18)15-7-6-12(14)16/h3-5,8,11,15H,2,6-7,13H2,1H3,(H2,14,16). The van der Waals surface area contributed by atoms with Gasteiger partial charge in [-0.3, -0.25) is 4.79 Å². The number of benzene rings is 1. The van der Waals surface area contributed by atoms with Gasteiger partial charge in [0.2, 0.25) is 15.9 Å². The van der Waals surface area contributed by atoms with Crippen molar-refractivity contribution in [3.63, 3.8) is 0 Å². The van der Waals surface area contributed by atoms with Crippen LogP contribution in [0.4, 0.5) is 0 Å². The number of sulfonamides is 1. The van der Waals surface area contributed by atoms with Gasteiger partial charge < -0.3 is 11.5 Å². The van der Waals surface area contributed by atoms with E-state index in [9.17, 15) is 13.2 Å². The maximum absolute atomic E-state index is 12.0. The van der Waals surface area contributed by atoms with Crippen LogP contribution in [0, 0.1) is 0 Å². The van der Waals surface area contributed by atoms with E-state index in [4.69, 9.17) is 11.5 Å². The lowest BCUT2D eigenvalue weighted by Gasteiger charge is -2.11. The molecule has 7 heteroatoms. The Morgan fingerprint density at radius 2 is 2.11 bits per heavy atom. The maximum atomic E-state index is 12.0. The molecule has 0 aliphatic rings. The van der Waals surface area contributed by atoms with Crippen molar-refractivity contribution in [1.82, 2.24) is 4.72 Å². The molecule has 6 nitrogen and oxygen atoms in total. The van der Waals surface area contributed by atoms with E-state index in [2.05, 4.69) is 4.72 Å². The summed E-state index contributed by atoms with van der Waals surface area (Å²) in [6.07, 6.45) is 0.687. The predicted octanol–water partition coefficient (Wildman–Crippen LogP) is 0.250. The third-order valence-electron chi connectivity index (χ3n) is 2.70. The van der Waals surface area contributed by atoms with E-state index in [-0.39, 0.29) is 23.9 Å². The molecule has 1 aromatic rings. The average molecular weight is 285 g/mol. The van der Waals surface area contributed by atoms with Crippen LogP contribution in [0.1, 0.15) is 31.4 Å². The van der Waals surface area contributed by atoms with Crippen molar-refractivity contribution in [3.05, 3.63) is 29.8 Å². The molecule has 0 aromatic heterocycles. The van der Waals surface area contributed by atoms with Gasteiger partial charge in [0.1, 0.15) is 0 Å². The molecule has 1 aromatic carbocycles. The van der Waals surface area contributed by atoms with Crippen LogP contribution in [-0.4, -0.2) is 20.9 Å². The Kier molecular flexibility index (Phi) is 5.46. The number of nitrogens with two attached hydrogens (primary N) is 2. The first kappa shape index (κ1) is 15.6. The van der Waals surface area contributed by atoms with Gasteiger partial charge in [0.15, 0.2) is 0 Å². The predicted molar refractivity (Wildman–Crippen MR) is 72.7 cm³/mol. The van der Waals surface area contributed by atoms with Gasteiger partial charge in [-0.2, -0.15) is 0 Å². The largest absolute Gasteiger partial charge is 0.370 e. The van der Waals surface area contributed by atoms with Crippen molar-refractivity contribution in [2.45, 2.75) is 30.7 Å². The number of primary amides is 1. The normalized spacial score (nSPS) is 13.2. The molecule has 0 bridgehead atoms. The number of nitrogens with one attached hydrogen (secondary N) is 1. The zero-order chi connectivity index (χ0) is 14.5. The van der Waals surface area contributed by atoms with Crippen molar-refractivity contribution in [2.24, 2.45) is 11.5 Å². The second-order valence-electron chi connectivity index (χ2n) is 4.20. The van der Waals surface area contributed by atoms with Crippen LogP contribution in [0.2, 0.25) is 0 Å². The van der Waals surface area contributed by atoms with Crippen LogP contribution < -0.4 is 16.2 Å². The zero-order valence-corrected chi connectivity index (χ0v) is 11.6. The van der Waals surface area contributed by atoms with Crippen LogP contribution >= 0.6 is 0 Å². The second-order valence-corrected chi connectivity index (χ2v) is 5.97. The van der Waals surface area contributed by atoms with Gasteiger partial charge in [-0.15, -0.1) is 0 Å². The Morgan fingerprint density at radius 3 is 2.68 bits per heavy atom. The molecular weight excluding hydrogens is 266 g/mol. The lowest BCUT2D eigenvalue weighted by atomic mass is 10.1. The fourth-order valence-corrected chi connectivity index (χ4v) is 2.63. The van der Waals surface area contributed by atoms with Gasteiger partial charge in [0.05, 0.1) is 4.90 Å². The first-order chi connectivity index (χ1) is 8.86. The summed E-state index contributed by atoms with van der Waals surface area (Å²) in [5.41, 5.74) is 11.6. The fourth-order valence-electron chi connectivity index (χ4n) is 1.54. The van der Waals surface area contributed by atoms with E-state index < -0.39 is 15.9 Å². The number of hydrogen-bond donors (Lipinski definition) is 3. The molecule has 5 N–H and O–H groups in total. The second kappa shape index (κ2) is 6.65. The van der Waals surface area contributed by atoms with Gasteiger partial charge >= 0.3 is 0 Å². The summed E-state index contributed by atoms with van der Waals surface area (Å²) < 4.78 is 26.3. The first-order valence-electron chi connectivity index (χ1n) is 6.00. The van der Waals surface area contributed by atoms with Crippen LogP contribution in [0.3, 0.4) is 0 Å². The number of rotatable bonds is 7. The molecule has 0 heterocycles. The Bertz CT molecular complexity index is 543. The topological polar surface area (TPSA) is 115 Å². The lowest BCUT2D eigenvalue weighted by molar-refractivity contribution is -0.117. The highest BCUT2D eigenvalue weighted by molar-refractivity contribution is 7.89. The third-order valence-corrected chi connectivity index (χ3v) is 4.16. The van der Waals surface area contributed by atoms with Crippen LogP contribution in [0.15, 0.2) is 29.2 Å². The fraction of sp³-hybridized carbons (Fsp3) is 0.417. The van der Waals surface area contributed by atoms with E-state index in [1.165, 1.54) is 6.07 Å². The molecule has 0 fully saturated rings. The summed E-state index contributed by atoms with van der Waals surface area (Å²) in [7, 11) is -3.63. The van der Waals surface area contributed by atoms with Crippen LogP contribution in [0.5, 0.6) is 0 Å². The number of carbonyl (C=O) groups is 1. The summed E-state index contributed by atoms with van der Waals surface area (Å²) in [6, 6.07) is 6.27. The Labute approximate surface area is 113 Å². The summed E-state index contributed by atoms with van der Waals surface area (Å²) in [5.74, 6) is -0.551. The molecular formula is C12H19N3O3S. The van der Waals surface area contributed by atoms with Gasteiger partial charge in [-0.05, 0) is 24.1 Å². The van der Waals surface area contributed by atoms with Crippen molar-refractivity contribution in [2.75, 3.05) is 6.54 Å². The van der Waals surface area contributed by atoms with E-state index in [1.807, 2.05) is 6.92 Å². The summed E-state index contributed by atoms with van der Waals surface area (Å²) in [4.78, 5) is 10.7. The molecule has 0 saturated carbocycles. The minimum Gasteiger partial charge on any atom is -0.370 e. The van der Waals surface area contributed by atoms with E-state index >= 15 is 0 Å². The summed E-state index contributed by atoms with van der Waals surface area (Å²) in [5, 5.41) is 0. The molecule has 1 rings (SSSR count). The average Bonchev–Trinajstić information content (AvgIpc) is 2.37. The Balaban J connectivity index is 2.86. The number of hydrogen-bond acceptors (Lipinski definition) is 4. The van der Waals surface area contributed by atoms with Crippen molar-refractivity contribution >= 4 is 15.9 Å². The first-order valence-corrected chi connectivity index (χ1v) is 7.48. The molecule has 1 atom stereocenters. The molecule has 0 aliphatic heterocycles. The van der Waals surface area contributed by atoms with E-state index in [0.29, 0.717) is 0 Å². The van der Waals surface area contributed by atoms with Gasteiger partial charge in [0, 0.05) is 19.0 Å². The molecule has 0 radical (unpaired) electrons. The number of carbonyl (C=O) groups excluding carboxylic acids is 1. The molecule has 0 saturated heterocycles. The van der Waals surface area contributed by atoms with Gasteiger partial charge in [0.25, 0.3) is 0 Å². The minimum atomic E-state index is -3.63. The molecule has 106 valence electrons. The molecule has 1 unspecified atom stereocenters.